The SMILES string of the molecule is CCSCCn1cccc1CCN. The second kappa shape index (κ2) is 6.11. The highest BCUT2D eigenvalue weighted by atomic mass is 32.2. The summed E-state index contributed by atoms with van der Waals surface area (Å²) in [6.45, 7) is 4.05. The summed E-state index contributed by atoms with van der Waals surface area (Å²) in [5.74, 6) is 2.40. The lowest BCUT2D eigenvalue weighted by Crippen LogP contribution is -2.09. The van der Waals surface area contributed by atoms with Crippen LogP contribution in [-0.2, 0) is 13.0 Å². The Labute approximate surface area is 84.5 Å². The monoisotopic (exact) mass is 198 g/mol. The van der Waals surface area contributed by atoms with Crippen LogP contribution < -0.4 is 5.73 Å². The van der Waals surface area contributed by atoms with Crippen molar-refractivity contribution in [2.75, 3.05) is 18.1 Å². The summed E-state index contributed by atoms with van der Waals surface area (Å²) in [4.78, 5) is 0. The van der Waals surface area contributed by atoms with Crippen molar-refractivity contribution < 1.29 is 0 Å². The van der Waals surface area contributed by atoms with Crippen LogP contribution in [0.3, 0.4) is 0 Å². The molecule has 0 aliphatic carbocycles. The van der Waals surface area contributed by atoms with Gasteiger partial charge in [-0.2, -0.15) is 11.8 Å². The van der Waals surface area contributed by atoms with Gasteiger partial charge >= 0.3 is 0 Å². The molecule has 3 heteroatoms. The highest BCUT2D eigenvalue weighted by Crippen LogP contribution is 2.06. The standard InChI is InChI=1S/C10H18N2S/c1-2-13-9-8-12-7-3-4-10(12)5-6-11/h3-4,7H,2,5-6,8-9,11H2,1H3. The summed E-state index contributed by atoms with van der Waals surface area (Å²) in [5.41, 5.74) is 6.89. The van der Waals surface area contributed by atoms with Crippen LogP contribution in [0.1, 0.15) is 12.6 Å². The second-order valence-corrected chi connectivity index (χ2v) is 4.32. The molecule has 0 amide bonds. The van der Waals surface area contributed by atoms with Gasteiger partial charge in [0.2, 0.25) is 0 Å². The van der Waals surface area contributed by atoms with E-state index in [1.54, 1.807) is 0 Å². The Balaban J connectivity index is 2.40. The fourth-order valence-electron chi connectivity index (χ4n) is 1.35. The molecular formula is C10H18N2S. The van der Waals surface area contributed by atoms with Crippen LogP contribution in [0.2, 0.25) is 0 Å². The number of hydrogen-bond acceptors (Lipinski definition) is 2. The molecule has 0 atom stereocenters. The summed E-state index contributed by atoms with van der Waals surface area (Å²) >= 11 is 1.98. The molecule has 0 spiro atoms. The van der Waals surface area contributed by atoms with Gasteiger partial charge in [0.1, 0.15) is 0 Å². The lowest BCUT2D eigenvalue weighted by Gasteiger charge is -2.07. The zero-order chi connectivity index (χ0) is 9.52. The van der Waals surface area contributed by atoms with Gasteiger partial charge in [-0.25, -0.2) is 0 Å². The van der Waals surface area contributed by atoms with E-state index in [0.717, 1.165) is 19.5 Å². The Kier molecular flexibility index (Phi) is 5.01. The predicted molar refractivity (Wildman–Crippen MR) is 60.2 cm³/mol. The quantitative estimate of drug-likeness (QED) is 0.706. The van der Waals surface area contributed by atoms with E-state index in [-0.39, 0.29) is 0 Å². The van der Waals surface area contributed by atoms with Gasteiger partial charge in [0.05, 0.1) is 0 Å². The zero-order valence-corrected chi connectivity index (χ0v) is 9.02. The lowest BCUT2D eigenvalue weighted by atomic mass is 10.3. The van der Waals surface area contributed by atoms with E-state index in [4.69, 9.17) is 5.73 Å². The summed E-state index contributed by atoms with van der Waals surface area (Å²) < 4.78 is 2.30. The number of rotatable bonds is 6. The van der Waals surface area contributed by atoms with E-state index >= 15 is 0 Å². The van der Waals surface area contributed by atoms with Crippen molar-refractivity contribution in [1.29, 1.82) is 0 Å². The van der Waals surface area contributed by atoms with Crippen molar-refractivity contribution in [3.63, 3.8) is 0 Å². The summed E-state index contributed by atoms with van der Waals surface area (Å²) in [6, 6.07) is 4.26. The summed E-state index contributed by atoms with van der Waals surface area (Å²) in [5, 5.41) is 0. The lowest BCUT2D eigenvalue weighted by molar-refractivity contribution is 0.717. The second-order valence-electron chi connectivity index (χ2n) is 2.93. The van der Waals surface area contributed by atoms with Gasteiger partial charge in [-0.15, -0.1) is 0 Å². The fourth-order valence-corrected chi connectivity index (χ4v) is 1.96. The Hall–Kier alpha value is -0.410. The minimum absolute atomic E-state index is 0.741. The minimum atomic E-state index is 0.741. The third-order valence-corrected chi connectivity index (χ3v) is 2.88. The van der Waals surface area contributed by atoms with Gasteiger partial charge in [0.25, 0.3) is 0 Å². The predicted octanol–water partition coefficient (Wildman–Crippen LogP) is 1.74. The average molecular weight is 198 g/mol. The van der Waals surface area contributed by atoms with E-state index < -0.39 is 0 Å². The molecule has 1 rings (SSSR count). The van der Waals surface area contributed by atoms with Crippen molar-refractivity contribution in [2.45, 2.75) is 19.9 Å². The van der Waals surface area contributed by atoms with Gasteiger partial charge in [0, 0.05) is 24.2 Å². The highest BCUT2D eigenvalue weighted by molar-refractivity contribution is 7.99. The molecule has 74 valence electrons. The molecule has 0 bridgehead atoms. The number of hydrogen-bond donors (Lipinski definition) is 1. The largest absolute Gasteiger partial charge is 0.351 e. The van der Waals surface area contributed by atoms with Crippen LogP contribution in [0.4, 0.5) is 0 Å². The fraction of sp³-hybridized carbons (Fsp3) is 0.600. The Morgan fingerprint density at radius 2 is 2.38 bits per heavy atom. The molecule has 0 saturated heterocycles. The number of aromatic nitrogens is 1. The normalized spacial score (nSPS) is 10.6. The van der Waals surface area contributed by atoms with Crippen molar-refractivity contribution in [1.82, 2.24) is 4.57 Å². The minimum Gasteiger partial charge on any atom is -0.351 e. The number of nitrogens with zero attached hydrogens (tertiary/aromatic N) is 1. The molecule has 0 fully saturated rings. The molecule has 0 saturated carbocycles. The molecule has 0 aromatic carbocycles. The molecule has 2 nitrogen and oxygen atoms in total. The molecule has 1 aromatic rings. The van der Waals surface area contributed by atoms with Crippen LogP contribution >= 0.6 is 11.8 Å². The molecule has 0 unspecified atom stereocenters. The molecule has 13 heavy (non-hydrogen) atoms. The maximum absolute atomic E-state index is 5.52. The zero-order valence-electron chi connectivity index (χ0n) is 8.20. The van der Waals surface area contributed by atoms with Crippen molar-refractivity contribution in [2.24, 2.45) is 5.73 Å². The topological polar surface area (TPSA) is 30.9 Å². The van der Waals surface area contributed by atoms with Crippen LogP contribution in [0.15, 0.2) is 18.3 Å². The number of nitrogens with two attached hydrogens (primary N) is 1. The smallest absolute Gasteiger partial charge is 0.0313 e. The Bertz CT molecular complexity index is 233. The highest BCUT2D eigenvalue weighted by Gasteiger charge is 1.98. The van der Waals surface area contributed by atoms with E-state index in [1.165, 1.54) is 17.2 Å². The van der Waals surface area contributed by atoms with Gasteiger partial charge in [0.15, 0.2) is 0 Å². The van der Waals surface area contributed by atoms with E-state index in [9.17, 15) is 0 Å². The van der Waals surface area contributed by atoms with Crippen molar-refractivity contribution >= 4 is 11.8 Å². The molecule has 1 heterocycles. The van der Waals surface area contributed by atoms with Crippen LogP contribution in [-0.4, -0.2) is 22.6 Å². The van der Waals surface area contributed by atoms with Crippen molar-refractivity contribution in [3.8, 4) is 0 Å². The molecule has 0 aliphatic rings. The van der Waals surface area contributed by atoms with Gasteiger partial charge in [-0.3, -0.25) is 0 Å². The third-order valence-electron chi connectivity index (χ3n) is 2.00. The van der Waals surface area contributed by atoms with Crippen molar-refractivity contribution in [3.05, 3.63) is 24.0 Å². The van der Waals surface area contributed by atoms with Crippen LogP contribution in [0.25, 0.3) is 0 Å². The first-order chi connectivity index (χ1) is 6.38. The van der Waals surface area contributed by atoms with E-state index in [2.05, 4.69) is 29.8 Å². The Morgan fingerprint density at radius 3 is 3.08 bits per heavy atom. The maximum Gasteiger partial charge on any atom is 0.0313 e. The summed E-state index contributed by atoms with van der Waals surface area (Å²) in [6.07, 6.45) is 3.13. The average Bonchev–Trinajstić information content (AvgIpc) is 2.54. The van der Waals surface area contributed by atoms with Crippen LogP contribution in [0, 0.1) is 0 Å². The van der Waals surface area contributed by atoms with Crippen LogP contribution in [0.5, 0.6) is 0 Å². The van der Waals surface area contributed by atoms with Gasteiger partial charge < -0.3 is 10.3 Å². The Morgan fingerprint density at radius 1 is 1.54 bits per heavy atom. The maximum atomic E-state index is 5.52. The summed E-state index contributed by atoms with van der Waals surface area (Å²) in [7, 11) is 0. The molecule has 2 N–H and O–H groups in total. The first-order valence-electron chi connectivity index (χ1n) is 4.80. The van der Waals surface area contributed by atoms with Gasteiger partial charge in [-0.05, 0) is 30.9 Å². The first kappa shape index (κ1) is 10.7. The molecular weight excluding hydrogens is 180 g/mol. The third kappa shape index (κ3) is 3.44. The van der Waals surface area contributed by atoms with E-state index in [0.29, 0.717) is 0 Å². The number of aryl methyl sites for hydroxylation is 1. The molecule has 0 radical (unpaired) electrons. The molecule has 0 aliphatic heterocycles. The number of thioether (sulfide) groups is 1. The molecule has 1 aromatic heterocycles. The van der Waals surface area contributed by atoms with Gasteiger partial charge in [-0.1, -0.05) is 6.92 Å². The van der Waals surface area contributed by atoms with E-state index in [1.807, 2.05) is 11.8 Å². The first-order valence-corrected chi connectivity index (χ1v) is 5.95.